The van der Waals surface area contributed by atoms with Gasteiger partial charge in [-0.2, -0.15) is 0 Å². The number of morpholine rings is 1. The van der Waals surface area contributed by atoms with Gasteiger partial charge in [-0.25, -0.2) is 13.1 Å². The molecule has 1 saturated carbocycles. The van der Waals surface area contributed by atoms with E-state index in [1.54, 1.807) is 13.2 Å². The summed E-state index contributed by atoms with van der Waals surface area (Å²) in [6, 6.07) is 5.75. The first kappa shape index (κ1) is 41.7. The Kier molecular flexibility index (Phi) is 13.3. The molecule has 2 aliphatic carbocycles. The van der Waals surface area contributed by atoms with Gasteiger partial charge >= 0.3 is 0 Å². The smallest absolute Gasteiger partial charge is 0.264 e. The van der Waals surface area contributed by atoms with Gasteiger partial charge in [-0.3, -0.25) is 14.6 Å². The summed E-state index contributed by atoms with van der Waals surface area (Å²) in [4.78, 5) is 21.4. The molecule has 0 spiro atoms. The first-order valence-corrected chi connectivity index (χ1v) is 22.8. The highest BCUT2D eigenvalue weighted by Gasteiger charge is 2.49. The van der Waals surface area contributed by atoms with E-state index in [2.05, 4.69) is 50.6 Å². The molecule has 1 aromatic rings. The van der Waals surface area contributed by atoms with Crippen molar-refractivity contribution in [3.05, 3.63) is 59.2 Å². The number of rotatable bonds is 6. The second kappa shape index (κ2) is 17.8. The number of nitrogens with zero attached hydrogens (tertiary/aromatic N) is 3. The summed E-state index contributed by atoms with van der Waals surface area (Å²) >= 11 is 6.52. The number of carbonyl (C=O) groups excluding carboxylic acids is 1. The number of anilines is 1. The number of hydrogen-bond acceptors (Lipinski definition) is 10. The zero-order valence-electron chi connectivity index (χ0n) is 33.8. The number of fused-ring (bicyclic) bond motifs is 4. The fraction of sp³-hybridized carbons (Fsp3) is 0.698. The lowest BCUT2D eigenvalue weighted by atomic mass is 9.63. The first-order valence-electron chi connectivity index (χ1n) is 20.8. The van der Waals surface area contributed by atoms with E-state index in [1.165, 1.54) is 0 Å². The largest absolute Gasteiger partial charge is 0.490 e. The van der Waals surface area contributed by atoms with Crippen molar-refractivity contribution in [1.82, 2.24) is 14.5 Å². The molecule has 3 fully saturated rings. The molecule has 56 heavy (non-hydrogen) atoms. The van der Waals surface area contributed by atoms with Crippen molar-refractivity contribution in [2.24, 2.45) is 29.1 Å². The number of methoxy groups -OCH3 is 2. The number of carbonyl (C=O) groups is 1. The molecule has 2 saturated heterocycles. The van der Waals surface area contributed by atoms with Crippen LogP contribution >= 0.6 is 11.6 Å². The highest BCUT2D eigenvalue weighted by atomic mass is 35.5. The van der Waals surface area contributed by atoms with Gasteiger partial charge in [0.1, 0.15) is 11.4 Å². The van der Waals surface area contributed by atoms with E-state index in [0.717, 1.165) is 102 Å². The van der Waals surface area contributed by atoms with E-state index < -0.39 is 26.8 Å². The predicted octanol–water partition coefficient (Wildman–Crippen LogP) is 5.86. The maximum absolute atomic E-state index is 14.1. The van der Waals surface area contributed by atoms with Crippen LogP contribution in [0.1, 0.15) is 69.2 Å². The number of amides is 1. The van der Waals surface area contributed by atoms with Gasteiger partial charge in [0.25, 0.3) is 5.91 Å². The first-order chi connectivity index (χ1) is 26.9. The van der Waals surface area contributed by atoms with Crippen LogP contribution in [0.3, 0.4) is 0 Å². The van der Waals surface area contributed by atoms with Gasteiger partial charge in [0.05, 0.1) is 30.8 Å². The average molecular weight is 816 g/mol. The lowest BCUT2D eigenvalue weighted by Crippen LogP contribution is -2.62. The van der Waals surface area contributed by atoms with Gasteiger partial charge in [0.2, 0.25) is 10.0 Å². The molecule has 1 aromatic carbocycles. The zero-order chi connectivity index (χ0) is 39.5. The lowest BCUT2D eigenvalue weighted by molar-refractivity contribution is -0.108. The third kappa shape index (κ3) is 9.06. The normalized spacial score (nSPS) is 36.3. The maximum atomic E-state index is 14.1. The van der Waals surface area contributed by atoms with Gasteiger partial charge in [-0.15, -0.1) is 0 Å². The average Bonchev–Trinajstić information content (AvgIpc) is 3.19. The topological polar surface area (TPSA) is 110 Å². The van der Waals surface area contributed by atoms with Gasteiger partial charge < -0.3 is 23.8 Å². The summed E-state index contributed by atoms with van der Waals surface area (Å²) in [7, 11) is -0.655. The van der Waals surface area contributed by atoms with E-state index >= 15 is 0 Å². The van der Waals surface area contributed by atoms with Crippen molar-refractivity contribution < 1.29 is 32.2 Å². The Bertz CT molecular complexity index is 1760. The molecule has 0 aromatic heterocycles. The second-order valence-electron chi connectivity index (χ2n) is 17.4. The summed E-state index contributed by atoms with van der Waals surface area (Å²) in [5.74, 6) is 0.585. The maximum Gasteiger partial charge on any atom is 0.264 e. The van der Waals surface area contributed by atoms with Crippen molar-refractivity contribution in [3.63, 3.8) is 0 Å². The van der Waals surface area contributed by atoms with Crippen molar-refractivity contribution >= 4 is 33.2 Å². The predicted molar refractivity (Wildman–Crippen MR) is 221 cm³/mol. The fourth-order valence-corrected chi connectivity index (χ4v) is 12.0. The van der Waals surface area contributed by atoms with Crippen LogP contribution in [0.5, 0.6) is 5.75 Å². The van der Waals surface area contributed by atoms with E-state index in [0.29, 0.717) is 36.3 Å². The number of hydrogen-bond donors (Lipinski definition) is 1. The van der Waals surface area contributed by atoms with Crippen LogP contribution in [-0.4, -0.2) is 127 Å². The molecular weight excluding hydrogens is 752 g/mol. The monoisotopic (exact) mass is 814 g/mol. The summed E-state index contributed by atoms with van der Waals surface area (Å²) in [6.07, 6.45) is 16.5. The molecule has 4 aliphatic heterocycles. The molecule has 1 N–H and O–H groups in total. The molecule has 7 rings (SSSR count). The van der Waals surface area contributed by atoms with Crippen molar-refractivity contribution in [1.29, 1.82) is 0 Å². The molecular formula is C43H63ClN4O7S. The van der Waals surface area contributed by atoms with Crippen LogP contribution in [0.4, 0.5) is 5.69 Å². The molecule has 8 atom stereocenters. The molecule has 2 bridgehead atoms. The van der Waals surface area contributed by atoms with Crippen LogP contribution in [0.25, 0.3) is 0 Å². The van der Waals surface area contributed by atoms with Crippen molar-refractivity contribution in [2.45, 2.75) is 75.7 Å². The van der Waals surface area contributed by atoms with Crippen LogP contribution in [-0.2, 0) is 24.2 Å². The Balaban J connectivity index is 1.27. The number of sulfonamides is 1. The van der Waals surface area contributed by atoms with Crippen LogP contribution < -0.4 is 14.4 Å². The third-order valence-electron chi connectivity index (χ3n) is 13.8. The standard InChI is InChI=1S/C43H63ClN4O7S/c1-31-8-7-16-43(53-4,29-46-19-20-47-21-23-54-28-36(47)27-46)37-12-10-33(37)26-48-18-6-5-9-34-25-35(44)14-17-42(34,2)30-55-39-13-11-32(24-38(39)48)41(49)45-56(50,51)40(31)15-22-52-3/h7,11,13-14,16-17,24-25,31,33-34,36-37,40H,5-6,8-10,12,15,18-23,26-30H2,1-4H3,(H,45,49)/b16-7+/t31-,33-,34?,36-,37+,40+,42?,43-/m0/s1. The highest BCUT2D eigenvalue weighted by molar-refractivity contribution is 7.90. The Labute approximate surface area is 339 Å². The molecule has 13 heteroatoms. The van der Waals surface area contributed by atoms with E-state index in [1.807, 2.05) is 32.2 Å². The molecule has 2 unspecified atom stereocenters. The van der Waals surface area contributed by atoms with E-state index in [9.17, 15) is 13.2 Å². The number of ether oxygens (including phenoxy) is 4. The van der Waals surface area contributed by atoms with Gasteiger partial charge in [-0.05, 0) is 86.5 Å². The van der Waals surface area contributed by atoms with Gasteiger partial charge in [-0.1, -0.05) is 56.2 Å². The number of piperazine rings is 1. The van der Waals surface area contributed by atoms with Crippen LogP contribution in [0.15, 0.2) is 53.6 Å². The second-order valence-corrected chi connectivity index (χ2v) is 19.8. The Morgan fingerprint density at radius 2 is 1.91 bits per heavy atom. The molecule has 0 radical (unpaired) electrons. The Morgan fingerprint density at radius 3 is 2.70 bits per heavy atom. The molecule has 4 heterocycles. The van der Waals surface area contributed by atoms with Crippen LogP contribution in [0.2, 0.25) is 0 Å². The summed E-state index contributed by atoms with van der Waals surface area (Å²) in [5, 5.41) is -0.0739. The van der Waals surface area contributed by atoms with Gasteiger partial charge in [0.15, 0.2) is 0 Å². The number of nitrogens with one attached hydrogen (secondary N) is 1. The number of benzene rings is 1. The molecule has 1 amide bonds. The number of allylic oxidation sites excluding steroid dienone is 4. The minimum absolute atomic E-state index is 0.236. The quantitative estimate of drug-likeness (QED) is 0.351. The molecule has 6 aliphatic rings. The molecule has 310 valence electrons. The zero-order valence-corrected chi connectivity index (χ0v) is 35.4. The van der Waals surface area contributed by atoms with E-state index in [-0.39, 0.29) is 36.2 Å². The Hall–Kier alpha value is -2.45. The van der Waals surface area contributed by atoms with Crippen LogP contribution in [0, 0.1) is 29.1 Å². The minimum Gasteiger partial charge on any atom is -0.490 e. The highest BCUT2D eigenvalue weighted by Crippen LogP contribution is 2.47. The minimum atomic E-state index is -4.07. The fourth-order valence-electron chi connectivity index (χ4n) is 10.1. The Morgan fingerprint density at radius 1 is 1.05 bits per heavy atom. The lowest BCUT2D eigenvalue weighted by Gasteiger charge is -2.53. The third-order valence-corrected chi connectivity index (χ3v) is 16.0. The summed E-state index contributed by atoms with van der Waals surface area (Å²) in [6.45, 7) is 12.6. The SMILES string of the molecule is COCC[C@@H]1[C@@H](C)C/C=C/[C@@](CN2CCN3CCOC[C@@H]3C2)(OC)[C@@H]2CC[C@H]2CN2CCCCC3C=C(Cl)C=CC3(C)COc3ccc(cc32)C(=O)NS1(=O)=O. The van der Waals surface area contributed by atoms with Gasteiger partial charge in [0, 0.05) is 88.7 Å². The van der Waals surface area contributed by atoms with E-state index in [4.69, 9.17) is 30.5 Å². The van der Waals surface area contributed by atoms with Crippen molar-refractivity contribution in [2.75, 3.05) is 91.4 Å². The summed E-state index contributed by atoms with van der Waals surface area (Å²) < 4.78 is 55.4. The molecule has 11 nitrogen and oxygen atoms in total. The number of halogens is 1. The van der Waals surface area contributed by atoms with Crippen molar-refractivity contribution in [3.8, 4) is 5.75 Å². The summed E-state index contributed by atoms with van der Waals surface area (Å²) in [5.41, 5.74) is 0.291.